The SMILES string of the molecule is C[C@H]1[C@H]([Si](C)(C)O)[C@@H](CCO)O[C@]12C(=O)N(Cc1cccc(N3CCCC3=O)c1)c1ccccc12. The molecule has 2 aromatic carbocycles. The third-order valence-electron chi connectivity index (χ3n) is 7.94. The Labute approximate surface area is 207 Å². The number of hydrogen-bond acceptors (Lipinski definition) is 5. The standard InChI is InChI=1S/C27H34N2O5Si/c1-18-25(35(2,3)33)23(13-15-30)34-27(18)21-10-4-5-11-22(21)29(26(27)32)17-19-8-6-9-20(16-19)28-14-7-12-24(28)31/h4-6,8-11,16,18,23,25,30,33H,7,12-15,17H2,1-3H3/t18-,23+,25-,27+/m0/s1. The molecule has 0 saturated carbocycles. The normalized spacial score (nSPS) is 28.4. The Morgan fingerprint density at radius 2 is 1.91 bits per heavy atom. The smallest absolute Gasteiger partial charge is 0.264 e. The minimum atomic E-state index is -2.70. The number of ether oxygens (including phenoxy) is 1. The van der Waals surface area contributed by atoms with Gasteiger partial charge in [0, 0.05) is 42.3 Å². The number of nitrogens with zero attached hydrogens (tertiary/aromatic N) is 2. The van der Waals surface area contributed by atoms with Gasteiger partial charge in [-0.1, -0.05) is 37.3 Å². The second-order valence-electron chi connectivity index (χ2n) is 10.6. The minimum absolute atomic E-state index is 0.0595. The molecule has 0 bridgehead atoms. The van der Waals surface area contributed by atoms with E-state index in [0.717, 1.165) is 35.5 Å². The molecule has 0 unspecified atom stereocenters. The molecule has 3 aliphatic heterocycles. The summed E-state index contributed by atoms with van der Waals surface area (Å²) < 4.78 is 6.60. The Morgan fingerprint density at radius 3 is 2.60 bits per heavy atom. The van der Waals surface area contributed by atoms with Crippen molar-refractivity contribution >= 4 is 31.5 Å². The summed E-state index contributed by atoms with van der Waals surface area (Å²) in [5, 5.41) is 9.70. The molecule has 5 rings (SSSR count). The second kappa shape index (κ2) is 8.85. The topological polar surface area (TPSA) is 90.3 Å². The predicted molar refractivity (Wildman–Crippen MR) is 137 cm³/mol. The first-order chi connectivity index (χ1) is 16.7. The van der Waals surface area contributed by atoms with Crippen LogP contribution >= 0.6 is 0 Å². The van der Waals surface area contributed by atoms with Crippen LogP contribution in [-0.2, 0) is 26.5 Å². The van der Waals surface area contributed by atoms with Crippen molar-refractivity contribution in [1.82, 2.24) is 0 Å². The fourth-order valence-corrected chi connectivity index (χ4v) is 9.12. The van der Waals surface area contributed by atoms with Gasteiger partial charge in [-0.05, 0) is 49.7 Å². The van der Waals surface area contributed by atoms with Crippen molar-refractivity contribution in [3.63, 3.8) is 0 Å². The number of carbonyl (C=O) groups excluding carboxylic acids is 2. The van der Waals surface area contributed by atoms with Gasteiger partial charge in [-0.25, -0.2) is 0 Å². The van der Waals surface area contributed by atoms with E-state index in [2.05, 4.69) is 0 Å². The van der Waals surface area contributed by atoms with Crippen LogP contribution in [0, 0.1) is 5.92 Å². The zero-order chi connectivity index (χ0) is 25.0. The average molecular weight is 495 g/mol. The summed E-state index contributed by atoms with van der Waals surface area (Å²) in [5.74, 6) is -0.232. The molecule has 2 fully saturated rings. The number of hydrogen-bond donors (Lipinski definition) is 2. The largest absolute Gasteiger partial charge is 0.432 e. The Morgan fingerprint density at radius 1 is 1.14 bits per heavy atom. The second-order valence-corrected chi connectivity index (χ2v) is 14.6. The van der Waals surface area contributed by atoms with E-state index < -0.39 is 13.9 Å². The maximum atomic E-state index is 14.2. The molecule has 4 atom stereocenters. The van der Waals surface area contributed by atoms with Gasteiger partial charge in [-0.2, -0.15) is 0 Å². The van der Waals surface area contributed by atoms with Gasteiger partial charge >= 0.3 is 0 Å². The van der Waals surface area contributed by atoms with Crippen molar-refractivity contribution in [2.75, 3.05) is 23.0 Å². The number of aliphatic hydroxyl groups is 1. The first-order valence-electron chi connectivity index (χ1n) is 12.5. The number of rotatable bonds is 6. The lowest BCUT2D eigenvalue weighted by Gasteiger charge is -2.32. The lowest BCUT2D eigenvalue weighted by molar-refractivity contribution is -0.146. The van der Waals surface area contributed by atoms with Gasteiger partial charge in [-0.3, -0.25) is 9.59 Å². The molecule has 7 nitrogen and oxygen atoms in total. The van der Waals surface area contributed by atoms with Crippen molar-refractivity contribution in [3.8, 4) is 0 Å². The third kappa shape index (κ3) is 3.83. The average Bonchev–Trinajstić information content (AvgIpc) is 3.44. The summed E-state index contributed by atoms with van der Waals surface area (Å²) in [6.45, 7) is 6.79. The first-order valence-corrected chi connectivity index (χ1v) is 15.5. The van der Waals surface area contributed by atoms with Crippen LogP contribution in [0.5, 0.6) is 0 Å². The van der Waals surface area contributed by atoms with E-state index in [1.54, 1.807) is 4.90 Å². The van der Waals surface area contributed by atoms with Gasteiger partial charge in [0.25, 0.3) is 5.91 Å². The van der Waals surface area contributed by atoms with E-state index in [1.165, 1.54) is 0 Å². The number of carbonyl (C=O) groups is 2. The molecule has 2 amide bonds. The first kappa shape index (κ1) is 24.2. The van der Waals surface area contributed by atoms with Gasteiger partial charge in [0.2, 0.25) is 5.91 Å². The van der Waals surface area contributed by atoms with Crippen LogP contribution < -0.4 is 9.80 Å². The lowest BCUT2D eigenvalue weighted by atomic mass is 9.82. The maximum absolute atomic E-state index is 14.2. The molecule has 0 aliphatic carbocycles. The van der Waals surface area contributed by atoms with Crippen LogP contribution in [0.25, 0.3) is 0 Å². The van der Waals surface area contributed by atoms with Gasteiger partial charge in [0.1, 0.15) is 0 Å². The molecule has 3 aliphatic rings. The van der Waals surface area contributed by atoms with E-state index in [9.17, 15) is 19.5 Å². The molecule has 1 spiro atoms. The van der Waals surface area contributed by atoms with Crippen molar-refractivity contribution in [2.24, 2.45) is 5.92 Å². The Bertz CT molecular complexity index is 1150. The summed E-state index contributed by atoms with van der Waals surface area (Å²) in [4.78, 5) is 41.2. The van der Waals surface area contributed by atoms with Crippen LogP contribution in [-0.4, -0.2) is 49.3 Å². The van der Waals surface area contributed by atoms with Gasteiger partial charge in [0.05, 0.1) is 18.3 Å². The fourth-order valence-electron chi connectivity index (χ4n) is 6.51. The van der Waals surface area contributed by atoms with Crippen molar-refractivity contribution in [1.29, 1.82) is 0 Å². The molecule has 35 heavy (non-hydrogen) atoms. The lowest BCUT2D eigenvalue weighted by Crippen LogP contribution is -2.46. The molecular formula is C27H34N2O5Si. The monoisotopic (exact) mass is 494 g/mol. The summed E-state index contributed by atoms with van der Waals surface area (Å²) in [6.07, 6.45) is 1.43. The Hall–Kier alpha value is -2.52. The van der Waals surface area contributed by atoms with Crippen molar-refractivity contribution in [3.05, 3.63) is 59.7 Å². The molecule has 0 radical (unpaired) electrons. The molecular weight excluding hydrogens is 460 g/mol. The van der Waals surface area contributed by atoms with E-state index in [-0.39, 0.29) is 36.0 Å². The molecule has 3 heterocycles. The summed E-state index contributed by atoms with van der Waals surface area (Å²) in [5.41, 5.74) is 2.07. The number of aliphatic hydroxyl groups excluding tert-OH is 1. The van der Waals surface area contributed by atoms with Crippen LogP contribution in [0.4, 0.5) is 11.4 Å². The highest BCUT2D eigenvalue weighted by Gasteiger charge is 2.65. The number of benzene rings is 2. The summed E-state index contributed by atoms with van der Waals surface area (Å²) in [7, 11) is -2.70. The molecule has 2 N–H and O–H groups in total. The van der Waals surface area contributed by atoms with E-state index >= 15 is 0 Å². The molecule has 186 valence electrons. The fraction of sp³-hybridized carbons (Fsp3) is 0.481. The number of para-hydroxylation sites is 1. The quantitative estimate of drug-likeness (QED) is 0.600. The van der Waals surface area contributed by atoms with Crippen molar-refractivity contribution < 1.29 is 24.2 Å². The van der Waals surface area contributed by atoms with Gasteiger partial charge in [0.15, 0.2) is 13.9 Å². The zero-order valence-electron chi connectivity index (χ0n) is 20.6. The molecule has 2 saturated heterocycles. The van der Waals surface area contributed by atoms with E-state index in [0.29, 0.717) is 19.4 Å². The maximum Gasteiger partial charge on any atom is 0.264 e. The zero-order valence-corrected chi connectivity index (χ0v) is 21.6. The van der Waals surface area contributed by atoms with Crippen LogP contribution in [0.3, 0.4) is 0 Å². The molecule has 2 aromatic rings. The number of fused-ring (bicyclic) bond motifs is 2. The highest BCUT2D eigenvalue weighted by atomic mass is 28.4. The molecule has 0 aromatic heterocycles. The summed E-state index contributed by atoms with van der Waals surface area (Å²) >= 11 is 0. The third-order valence-corrected chi connectivity index (χ3v) is 10.4. The van der Waals surface area contributed by atoms with E-state index in [4.69, 9.17) is 4.74 Å². The van der Waals surface area contributed by atoms with Crippen LogP contribution in [0.15, 0.2) is 48.5 Å². The van der Waals surface area contributed by atoms with E-state index in [1.807, 2.05) is 73.4 Å². The Balaban J connectivity index is 1.52. The van der Waals surface area contributed by atoms with Crippen molar-refractivity contribution in [2.45, 2.75) is 63.1 Å². The highest BCUT2D eigenvalue weighted by Crippen LogP contribution is 2.59. The summed E-state index contributed by atoms with van der Waals surface area (Å²) in [6, 6.07) is 15.6. The number of anilines is 2. The Kier molecular flexibility index (Phi) is 6.12. The van der Waals surface area contributed by atoms with Crippen LogP contribution in [0.1, 0.15) is 37.3 Å². The number of amides is 2. The molecule has 8 heteroatoms. The van der Waals surface area contributed by atoms with Crippen LogP contribution in [0.2, 0.25) is 18.6 Å². The predicted octanol–water partition coefficient (Wildman–Crippen LogP) is 3.54. The van der Waals surface area contributed by atoms with Gasteiger partial charge in [-0.15, -0.1) is 0 Å². The van der Waals surface area contributed by atoms with Gasteiger partial charge < -0.3 is 24.4 Å². The highest BCUT2D eigenvalue weighted by molar-refractivity contribution is 6.71. The minimum Gasteiger partial charge on any atom is -0.432 e.